The Morgan fingerprint density at radius 1 is 1.60 bits per heavy atom. The molecule has 2 aliphatic rings. The molecule has 0 aromatic rings. The highest BCUT2D eigenvalue weighted by molar-refractivity contribution is 5.12. The molecule has 1 aliphatic carbocycles. The largest absolute Gasteiger partial charge is 0.388 e. The second-order valence-electron chi connectivity index (χ2n) is 4.03. The van der Waals surface area contributed by atoms with Crippen LogP contribution >= 0.6 is 0 Å². The van der Waals surface area contributed by atoms with Crippen molar-refractivity contribution in [3.63, 3.8) is 0 Å². The van der Waals surface area contributed by atoms with Crippen LogP contribution in [0.25, 0.3) is 0 Å². The van der Waals surface area contributed by atoms with E-state index in [1.165, 1.54) is 0 Å². The number of hydrogen-bond acceptors (Lipinski definition) is 2. The Labute approximate surface area is 61.8 Å². The summed E-state index contributed by atoms with van der Waals surface area (Å²) in [6.45, 7) is 6.41. The van der Waals surface area contributed by atoms with Crippen LogP contribution in [-0.4, -0.2) is 34.7 Å². The molecule has 1 saturated heterocycles. The predicted octanol–water partition coefficient (Wildman–Crippen LogP) is 0.461. The number of rotatable bonds is 1. The van der Waals surface area contributed by atoms with Crippen LogP contribution in [0.5, 0.6) is 0 Å². The first-order valence-electron chi connectivity index (χ1n) is 4.08. The van der Waals surface area contributed by atoms with E-state index in [9.17, 15) is 5.11 Å². The van der Waals surface area contributed by atoms with Crippen LogP contribution in [0.4, 0.5) is 0 Å². The molecule has 58 valence electrons. The molecule has 0 bridgehead atoms. The van der Waals surface area contributed by atoms with Gasteiger partial charge in [0, 0.05) is 25.0 Å². The van der Waals surface area contributed by atoms with Gasteiger partial charge in [0.05, 0.1) is 5.60 Å². The van der Waals surface area contributed by atoms with E-state index in [-0.39, 0.29) is 5.60 Å². The van der Waals surface area contributed by atoms with E-state index >= 15 is 0 Å². The van der Waals surface area contributed by atoms with E-state index in [1.54, 1.807) is 0 Å². The molecule has 0 spiro atoms. The third kappa shape index (κ3) is 0.789. The van der Waals surface area contributed by atoms with Gasteiger partial charge in [0.1, 0.15) is 0 Å². The Morgan fingerprint density at radius 2 is 2.30 bits per heavy atom. The van der Waals surface area contributed by atoms with Gasteiger partial charge in [-0.1, -0.05) is 0 Å². The Hall–Kier alpha value is -0.0800. The maximum absolute atomic E-state index is 9.65. The summed E-state index contributed by atoms with van der Waals surface area (Å²) in [6.07, 6.45) is 1.05. The zero-order valence-electron chi connectivity index (χ0n) is 6.67. The molecule has 2 nitrogen and oxygen atoms in total. The van der Waals surface area contributed by atoms with Crippen LogP contribution in [0, 0.1) is 5.92 Å². The highest BCUT2D eigenvalue weighted by Gasteiger charge is 2.59. The van der Waals surface area contributed by atoms with Crippen molar-refractivity contribution >= 4 is 0 Å². The molecular weight excluding hydrogens is 126 g/mol. The van der Waals surface area contributed by atoms with E-state index in [0.29, 0.717) is 12.0 Å². The zero-order valence-corrected chi connectivity index (χ0v) is 6.67. The molecule has 0 radical (unpaired) electrons. The van der Waals surface area contributed by atoms with Crippen LogP contribution in [0.1, 0.15) is 20.3 Å². The lowest BCUT2D eigenvalue weighted by molar-refractivity contribution is 0.118. The summed E-state index contributed by atoms with van der Waals surface area (Å²) < 4.78 is 0. The topological polar surface area (TPSA) is 23.5 Å². The van der Waals surface area contributed by atoms with E-state index in [4.69, 9.17) is 0 Å². The number of fused-ring (bicyclic) bond motifs is 1. The fourth-order valence-electron chi connectivity index (χ4n) is 1.89. The van der Waals surface area contributed by atoms with Crippen molar-refractivity contribution in [3.8, 4) is 0 Å². The van der Waals surface area contributed by atoms with Crippen molar-refractivity contribution in [2.24, 2.45) is 5.92 Å². The summed E-state index contributed by atoms with van der Waals surface area (Å²) in [5, 5.41) is 9.65. The number of hydrogen-bond donors (Lipinski definition) is 1. The van der Waals surface area contributed by atoms with Crippen molar-refractivity contribution < 1.29 is 5.11 Å². The van der Waals surface area contributed by atoms with Gasteiger partial charge in [-0.15, -0.1) is 0 Å². The summed E-state index contributed by atoms with van der Waals surface area (Å²) in [5.41, 5.74) is -0.260. The summed E-state index contributed by atoms with van der Waals surface area (Å²) >= 11 is 0. The van der Waals surface area contributed by atoms with Gasteiger partial charge in [-0.05, 0) is 20.3 Å². The zero-order chi connectivity index (χ0) is 7.35. The minimum Gasteiger partial charge on any atom is -0.388 e. The normalized spacial score (nSPS) is 46.2. The number of piperidine rings is 1. The van der Waals surface area contributed by atoms with Gasteiger partial charge in [-0.2, -0.15) is 0 Å². The maximum Gasteiger partial charge on any atom is 0.0819 e. The minimum absolute atomic E-state index is 0.260. The number of likely N-dealkylation sites (tertiary alicyclic amines) is 1. The molecule has 0 aromatic carbocycles. The lowest BCUT2D eigenvalue weighted by Gasteiger charge is -2.22. The first kappa shape index (κ1) is 6.62. The molecule has 1 aliphatic heterocycles. The average molecular weight is 141 g/mol. The lowest BCUT2D eigenvalue weighted by Crippen LogP contribution is -2.33. The highest BCUT2D eigenvalue weighted by Crippen LogP contribution is 2.49. The predicted molar refractivity (Wildman–Crippen MR) is 39.8 cm³/mol. The van der Waals surface area contributed by atoms with Crippen LogP contribution in [-0.2, 0) is 0 Å². The standard InChI is InChI=1S/C8H15NO/c1-6(2)9-4-7-3-8(7,10)5-9/h6-7,10H,3-5H2,1-2H3. The smallest absolute Gasteiger partial charge is 0.0819 e. The van der Waals surface area contributed by atoms with Crippen molar-refractivity contribution in [2.45, 2.75) is 31.9 Å². The monoisotopic (exact) mass is 141 g/mol. The SMILES string of the molecule is CC(C)N1CC2CC2(O)C1. The third-order valence-corrected chi connectivity index (χ3v) is 2.86. The average Bonchev–Trinajstić information content (AvgIpc) is 2.32. The van der Waals surface area contributed by atoms with Crippen molar-refractivity contribution in [3.05, 3.63) is 0 Å². The summed E-state index contributed by atoms with van der Waals surface area (Å²) in [7, 11) is 0. The Balaban J connectivity index is 1.97. The quantitative estimate of drug-likeness (QED) is 0.573. The van der Waals surface area contributed by atoms with Gasteiger partial charge in [-0.25, -0.2) is 0 Å². The van der Waals surface area contributed by atoms with Gasteiger partial charge < -0.3 is 5.11 Å². The molecule has 1 saturated carbocycles. The van der Waals surface area contributed by atoms with Gasteiger partial charge >= 0.3 is 0 Å². The van der Waals surface area contributed by atoms with Crippen LogP contribution < -0.4 is 0 Å². The second kappa shape index (κ2) is 1.74. The van der Waals surface area contributed by atoms with E-state index in [0.717, 1.165) is 19.5 Å². The molecule has 2 rings (SSSR count). The first-order valence-corrected chi connectivity index (χ1v) is 4.08. The van der Waals surface area contributed by atoms with Crippen LogP contribution in [0.2, 0.25) is 0 Å². The van der Waals surface area contributed by atoms with Gasteiger partial charge in [-0.3, -0.25) is 4.90 Å². The minimum atomic E-state index is -0.260. The lowest BCUT2D eigenvalue weighted by atomic mass is 10.3. The van der Waals surface area contributed by atoms with Crippen LogP contribution in [0.15, 0.2) is 0 Å². The molecule has 2 atom stereocenters. The number of nitrogens with zero attached hydrogens (tertiary/aromatic N) is 1. The molecular formula is C8H15NO. The Bertz CT molecular complexity index is 157. The molecule has 10 heavy (non-hydrogen) atoms. The van der Waals surface area contributed by atoms with Crippen LogP contribution in [0.3, 0.4) is 0 Å². The molecule has 2 heteroatoms. The Morgan fingerprint density at radius 3 is 2.60 bits per heavy atom. The molecule has 2 fully saturated rings. The highest BCUT2D eigenvalue weighted by atomic mass is 16.3. The van der Waals surface area contributed by atoms with Crippen molar-refractivity contribution in [2.75, 3.05) is 13.1 Å². The van der Waals surface area contributed by atoms with Gasteiger partial charge in [0.25, 0.3) is 0 Å². The molecule has 1 N–H and O–H groups in total. The molecule has 0 amide bonds. The van der Waals surface area contributed by atoms with E-state index in [2.05, 4.69) is 18.7 Å². The molecule has 0 aromatic heterocycles. The first-order chi connectivity index (χ1) is 4.62. The summed E-state index contributed by atoms with van der Waals surface area (Å²) in [5.74, 6) is 0.606. The van der Waals surface area contributed by atoms with Crippen molar-refractivity contribution in [1.29, 1.82) is 0 Å². The van der Waals surface area contributed by atoms with E-state index < -0.39 is 0 Å². The van der Waals surface area contributed by atoms with Gasteiger partial charge in [0.15, 0.2) is 0 Å². The Kier molecular flexibility index (Phi) is 1.15. The summed E-state index contributed by atoms with van der Waals surface area (Å²) in [4.78, 5) is 2.36. The number of aliphatic hydroxyl groups is 1. The van der Waals surface area contributed by atoms with Crippen molar-refractivity contribution in [1.82, 2.24) is 4.90 Å². The molecule has 2 unspecified atom stereocenters. The molecule has 1 heterocycles. The van der Waals surface area contributed by atoms with Gasteiger partial charge in [0.2, 0.25) is 0 Å². The second-order valence-corrected chi connectivity index (χ2v) is 4.03. The third-order valence-electron chi connectivity index (χ3n) is 2.86. The fraction of sp³-hybridized carbons (Fsp3) is 1.00. The van der Waals surface area contributed by atoms with E-state index in [1.807, 2.05) is 0 Å². The number of β-amino-alcohol motifs (C(OH)–C–C–N with tert-alkyl or cyclic N) is 1. The summed E-state index contributed by atoms with van der Waals surface area (Å²) in [6, 6.07) is 0.608. The maximum atomic E-state index is 9.65. The fourth-order valence-corrected chi connectivity index (χ4v) is 1.89.